The maximum atomic E-state index is 14.5. The molecule has 8 nitrogen and oxygen atoms in total. The molecule has 27 heavy (non-hydrogen) atoms. The minimum absolute atomic E-state index is 0.0439. The molecule has 4 aromatic rings. The zero-order valence-corrected chi connectivity index (χ0v) is 14.3. The second kappa shape index (κ2) is 6.52. The predicted octanol–water partition coefficient (Wildman–Crippen LogP) is 3.32. The van der Waals surface area contributed by atoms with Crippen LogP contribution in [0.15, 0.2) is 61.1 Å². The fourth-order valence-electron chi connectivity index (χ4n) is 3.04. The number of aromatic nitrogens is 4. The summed E-state index contributed by atoms with van der Waals surface area (Å²) in [5, 5.41) is 14.7. The van der Waals surface area contributed by atoms with Crippen LogP contribution in [-0.2, 0) is 7.05 Å². The van der Waals surface area contributed by atoms with Crippen molar-refractivity contribution in [3.63, 3.8) is 0 Å². The Morgan fingerprint density at radius 1 is 1.19 bits per heavy atom. The summed E-state index contributed by atoms with van der Waals surface area (Å²) in [6.07, 6.45) is 4.87. The minimum Gasteiger partial charge on any atom is -0.358 e. The lowest BCUT2D eigenvalue weighted by molar-refractivity contribution is -0.389. The molecule has 0 saturated carbocycles. The normalized spacial score (nSPS) is 12.2. The molecule has 0 saturated heterocycles. The molecular formula is C18H15FN6O2. The first-order valence-corrected chi connectivity index (χ1v) is 8.16. The molecule has 1 unspecified atom stereocenters. The van der Waals surface area contributed by atoms with Gasteiger partial charge in [0.1, 0.15) is 17.7 Å². The first kappa shape index (κ1) is 16.7. The Morgan fingerprint density at radius 2 is 1.96 bits per heavy atom. The summed E-state index contributed by atoms with van der Waals surface area (Å²) >= 11 is 0. The number of fused-ring (bicyclic) bond motifs is 1. The zero-order chi connectivity index (χ0) is 19.0. The Kier molecular flexibility index (Phi) is 4.03. The average Bonchev–Trinajstić information content (AvgIpc) is 3.23. The van der Waals surface area contributed by atoms with Crippen LogP contribution in [0.4, 0.5) is 16.0 Å². The van der Waals surface area contributed by atoms with Gasteiger partial charge >= 0.3 is 5.82 Å². The quantitative estimate of drug-likeness (QED) is 0.432. The first-order valence-electron chi connectivity index (χ1n) is 8.16. The smallest absolute Gasteiger partial charge is 0.358 e. The number of hydrogen-bond donors (Lipinski definition) is 1. The predicted molar refractivity (Wildman–Crippen MR) is 96.9 cm³/mol. The van der Waals surface area contributed by atoms with Crippen molar-refractivity contribution in [3.8, 4) is 0 Å². The number of rotatable bonds is 5. The summed E-state index contributed by atoms with van der Waals surface area (Å²) < 4.78 is 17.6. The van der Waals surface area contributed by atoms with Crippen LogP contribution in [0.1, 0.15) is 17.4 Å². The van der Waals surface area contributed by atoms with Crippen molar-refractivity contribution in [2.75, 3.05) is 5.32 Å². The third kappa shape index (κ3) is 2.88. The highest BCUT2D eigenvalue weighted by Crippen LogP contribution is 2.32. The van der Waals surface area contributed by atoms with Crippen LogP contribution in [0.2, 0.25) is 0 Å². The van der Waals surface area contributed by atoms with Crippen molar-refractivity contribution in [3.05, 3.63) is 88.4 Å². The van der Waals surface area contributed by atoms with E-state index >= 15 is 0 Å². The molecule has 0 aliphatic heterocycles. The Labute approximate surface area is 153 Å². The van der Waals surface area contributed by atoms with E-state index < -0.39 is 16.8 Å². The monoisotopic (exact) mass is 366 g/mol. The molecule has 0 aliphatic carbocycles. The number of benzene rings is 1. The second-order valence-electron chi connectivity index (χ2n) is 5.97. The highest BCUT2D eigenvalue weighted by molar-refractivity contribution is 5.63. The largest absolute Gasteiger partial charge is 0.372 e. The molecule has 0 fully saturated rings. The van der Waals surface area contributed by atoms with Crippen molar-refractivity contribution in [2.24, 2.45) is 7.05 Å². The van der Waals surface area contributed by atoms with Crippen LogP contribution in [-0.4, -0.2) is 23.9 Å². The zero-order valence-electron chi connectivity index (χ0n) is 14.3. The van der Waals surface area contributed by atoms with Gasteiger partial charge in [0.05, 0.1) is 6.20 Å². The van der Waals surface area contributed by atoms with E-state index in [0.717, 1.165) is 0 Å². The van der Waals surface area contributed by atoms with Gasteiger partial charge in [-0.05, 0) is 17.1 Å². The average molecular weight is 366 g/mol. The Morgan fingerprint density at radius 3 is 2.67 bits per heavy atom. The lowest BCUT2D eigenvalue weighted by Crippen LogP contribution is -2.19. The summed E-state index contributed by atoms with van der Waals surface area (Å²) in [7, 11) is 1.77. The van der Waals surface area contributed by atoms with E-state index in [9.17, 15) is 14.5 Å². The molecule has 136 valence electrons. The van der Waals surface area contributed by atoms with Gasteiger partial charge in [-0.15, -0.1) is 0 Å². The van der Waals surface area contributed by atoms with Gasteiger partial charge in [-0.2, -0.15) is 9.38 Å². The van der Waals surface area contributed by atoms with Crippen LogP contribution in [0.3, 0.4) is 0 Å². The van der Waals surface area contributed by atoms with Gasteiger partial charge in [-0.25, -0.2) is 9.37 Å². The van der Waals surface area contributed by atoms with Crippen molar-refractivity contribution < 1.29 is 9.31 Å². The SMILES string of the molecule is Cn1ccnc1C(Nc1nc2ccccn2c1[N+](=O)[O-])c1ccccc1F. The summed E-state index contributed by atoms with van der Waals surface area (Å²) in [5.41, 5.74) is 0.733. The maximum absolute atomic E-state index is 14.5. The topological polar surface area (TPSA) is 90.3 Å². The highest BCUT2D eigenvalue weighted by atomic mass is 19.1. The van der Waals surface area contributed by atoms with E-state index in [0.29, 0.717) is 17.0 Å². The fraction of sp³-hybridized carbons (Fsp3) is 0.111. The van der Waals surface area contributed by atoms with Crippen LogP contribution >= 0.6 is 0 Å². The standard InChI is InChI=1S/C18H15FN6O2/c1-23-11-9-20-17(23)15(12-6-2-3-7-13(12)19)22-16-18(25(26)27)24-10-5-4-8-14(24)21-16/h2-11,15,22H,1H3. The number of halogens is 1. The van der Waals surface area contributed by atoms with Crippen molar-refractivity contribution in [1.29, 1.82) is 0 Å². The number of nitrogens with one attached hydrogen (secondary N) is 1. The third-order valence-electron chi connectivity index (χ3n) is 4.29. The summed E-state index contributed by atoms with van der Waals surface area (Å²) in [6, 6.07) is 10.6. The van der Waals surface area contributed by atoms with Crippen molar-refractivity contribution in [2.45, 2.75) is 6.04 Å². The lowest BCUT2D eigenvalue weighted by Gasteiger charge is -2.19. The van der Waals surface area contributed by atoms with E-state index in [-0.39, 0.29) is 11.6 Å². The number of hydrogen-bond acceptors (Lipinski definition) is 5. The summed E-state index contributed by atoms with van der Waals surface area (Å²) in [6.45, 7) is 0. The van der Waals surface area contributed by atoms with Crippen LogP contribution in [0.5, 0.6) is 0 Å². The molecular weight excluding hydrogens is 351 g/mol. The van der Waals surface area contributed by atoms with E-state index in [1.165, 1.54) is 10.5 Å². The van der Waals surface area contributed by atoms with E-state index in [2.05, 4.69) is 15.3 Å². The molecule has 9 heteroatoms. The molecule has 1 aromatic carbocycles. The van der Waals surface area contributed by atoms with Gasteiger partial charge in [0.2, 0.25) is 11.5 Å². The fourth-order valence-corrected chi connectivity index (χ4v) is 3.04. The maximum Gasteiger partial charge on any atom is 0.372 e. The summed E-state index contributed by atoms with van der Waals surface area (Å²) in [5.74, 6) is -0.112. The minimum atomic E-state index is -0.755. The highest BCUT2D eigenvalue weighted by Gasteiger charge is 2.28. The molecule has 3 aromatic heterocycles. The lowest BCUT2D eigenvalue weighted by atomic mass is 10.1. The number of anilines is 1. The first-order chi connectivity index (χ1) is 13.1. The van der Waals surface area contributed by atoms with Gasteiger partial charge in [0.15, 0.2) is 0 Å². The molecule has 0 aliphatic rings. The van der Waals surface area contributed by atoms with E-state index in [1.54, 1.807) is 66.6 Å². The Bertz CT molecular complexity index is 1140. The van der Waals surface area contributed by atoms with Gasteiger partial charge in [-0.3, -0.25) is 0 Å². The molecule has 4 rings (SSSR count). The molecule has 0 bridgehead atoms. The number of aryl methyl sites for hydroxylation is 1. The van der Waals surface area contributed by atoms with E-state index in [4.69, 9.17) is 0 Å². The van der Waals surface area contributed by atoms with Crippen molar-refractivity contribution in [1.82, 2.24) is 18.9 Å². The number of nitrogens with zero attached hydrogens (tertiary/aromatic N) is 5. The van der Waals surface area contributed by atoms with Crippen LogP contribution in [0, 0.1) is 15.9 Å². The molecule has 0 amide bonds. The number of nitro groups is 1. The van der Waals surface area contributed by atoms with Gasteiger partial charge in [-0.1, -0.05) is 24.3 Å². The van der Waals surface area contributed by atoms with E-state index in [1.807, 2.05) is 0 Å². The second-order valence-corrected chi connectivity index (χ2v) is 5.97. The number of pyridine rings is 1. The molecule has 0 radical (unpaired) electrons. The van der Waals surface area contributed by atoms with Crippen LogP contribution in [0.25, 0.3) is 5.65 Å². The molecule has 1 atom stereocenters. The summed E-state index contributed by atoms with van der Waals surface area (Å²) in [4.78, 5) is 19.7. The van der Waals surface area contributed by atoms with Gasteiger partial charge in [0.25, 0.3) is 0 Å². The molecule has 3 heterocycles. The van der Waals surface area contributed by atoms with Gasteiger partial charge < -0.3 is 20.0 Å². The molecule has 1 N–H and O–H groups in total. The number of imidazole rings is 2. The Balaban J connectivity index is 1.87. The van der Waals surface area contributed by atoms with Crippen molar-refractivity contribution >= 4 is 17.3 Å². The third-order valence-corrected chi connectivity index (χ3v) is 4.29. The molecule has 0 spiro atoms. The Hall–Kier alpha value is -3.75. The van der Waals surface area contributed by atoms with Gasteiger partial charge in [0, 0.05) is 31.1 Å². The van der Waals surface area contributed by atoms with Crippen LogP contribution < -0.4 is 5.32 Å².